The lowest BCUT2D eigenvalue weighted by molar-refractivity contribution is 0.354. The Balaban J connectivity index is 1.70. The number of ether oxygens (including phenoxy) is 2. The predicted molar refractivity (Wildman–Crippen MR) is 108 cm³/mol. The normalized spacial score (nSPS) is 10.8. The number of H-pyrrole nitrogens is 1. The average Bonchev–Trinajstić information content (AvgIpc) is 3.12. The summed E-state index contributed by atoms with van der Waals surface area (Å²) in [6.45, 7) is 3.77. The predicted octanol–water partition coefficient (Wildman–Crippen LogP) is 4.12. The van der Waals surface area contributed by atoms with Crippen LogP contribution >= 0.6 is 0 Å². The summed E-state index contributed by atoms with van der Waals surface area (Å²) < 4.78 is 11.0. The molecule has 0 amide bonds. The van der Waals surface area contributed by atoms with Gasteiger partial charge >= 0.3 is 0 Å². The number of benzene rings is 2. The molecule has 1 aromatic heterocycles. The Labute approximate surface area is 160 Å². The Morgan fingerprint density at radius 2 is 1.74 bits per heavy atom. The number of aromatic amines is 1. The maximum absolute atomic E-state index is 5.49. The molecule has 0 saturated carbocycles. The van der Waals surface area contributed by atoms with E-state index in [0.717, 1.165) is 48.7 Å². The molecule has 2 N–H and O–H groups in total. The van der Waals surface area contributed by atoms with Crippen LogP contribution in [0.25, 0.3) is 11.1 Å². The molecular formula is C22H27N3O2. The molecule has 0 spiro atoms. The fraction of sp³-hybridized carbons (Fsp3) is 0.318. The highest BCUT2D eigenvalue weighted by atomic mass is 16.5. The first-order valence-electron chi connectivity index (χ1n) is 9.22. The minimum Gasteiger partial charge on any atom is -0.493 e. The summed E-state index contributed by atoms with van der Waals surface area (Å²) in [5, 5.41) is 10.6. The summed E-state index contributed by atoms with van der Waals surface area (Å²) in [6.07, 6.45) is 4.00. The van der Waals surface area contributed by atoms with Crippen LogP contribution in [-0.2, 0) is 13.0 Å². The zero-order chi connectivity index (χ0) is 19.1. The Bertz CT molecular complexity index is 859. The molecule has 0 saturated heterocycles. The number of nitrogens with one attached hydrogen (secondary N) is 2. The van der Waals surface area contributed by atoms with E-state index in [1.807, 2.05) is 12.3 Å². The van der Waals surface area contributed by atoms with E-state index < -0.39 is 0 Å². The Hall–Kier alpha value is -2.79. The van der Waals surface area contributed by atoms with Gasteiger partial charge in [-0.05, 0) is 60.7 Å². The van der Waals surface area contributed by atoms with Crippen LogP contribution < -0.4 is 14.8 Å². The molecule has 5 nitrogen and oxygen atoms in total. The first-order valence-corrected chi connectivity index (χ1v) is 9.22. The molecule has 0 bridgehead atoms. The van der Waals surface area contributed by atoms with Gasteiger partial charge in [-0.25, -0.2) is 0 Å². The van der Waals surface area contributed by atoms with Crippen LogP contribution in [0.3, 0.4) is 0 Å². The zero-order valence-corrected chi connectivity index (χ0v) is 16.2. The minimum absolute atomic E-state index is 0.746. The number of nitrogens with zero attached hydrogens (tertiary/aromatic N) is 1. The van der Waals surface area contributed by atoms with Gasteiger partial charge in [-0.15, -0.1) is 0 Å². The first-order chi connectivity index (χ1) is 13.2. The number of rotatable bonds is 9. The van der Waals surface area contributed by atoms with E-state index in [9.17, 15) is 0 Å². The molecule has 3 rings (SSSR count). The third-order valence-corrected chi connectivity index (χ3v) is 4.74. The molecule has 0 aliphatic rings. The summed E-state index contributed by atoms with van der Waals surface area (Å²) in [7, 11) is 3.34. The molecule has 0 unspecified atom stereocenters. The van der Waals surface area contributed by atoms with Crippen molar-refractivity contribution in [1.29, 1.82) is 0 Å². The van der Waals surface area contributed by atoms with Gasteiger partial charge < -0.3 is 14.8 Å². The summed E-state index contributed by atoms with van der Waals surface area (Å²) >= 11 is 0. The number of hydrogen-bond donors (Lipinski definition) is 2. The maximum Gasteiger partial charge on any atom is 0.161 e. The van der Waals surface area contributed by atoms with Crippen molar-refractivity contribution in [3.63, 3.8) is 0 Å². The van der Waals surface area contributed by atoms with Gasteiger partial charge in [0.1, 0.15) is 0 Å². The summed E-state index contributed by atoms with van der Waals surface area (Å²) in [6, 6.07) is 14.5. The fourth-order valence-corrected chi connectivity index (χ4v) is 3.21. The molecule has 0 fully saturated rings. The van der Waals surface area contributed by atoms with E-state index in [-0.39, 0.29) is 0 Å². The third-order valence-electron chi connectivity index (χ3n) is 4.74. The second kappa shape index (κ2) is 9.24. The van der Waals surface area contributed by atoms with Crippen LogP contribution in [0.5, 0.6) is 11.5 Å². The molecule has 5 heteroatoms. The molecule has 27 heavy (non-hydrogen) atoms. The molecular weight excluding hydrogens is 338 g/mol. The molecule has 1 heterocycles. The average molecular weight is 365 g/mol. The van der Waals surface area contributed by atoms with Gasteiger partial charge in [0.15, 0.2) is 11.5 Å². The van der Waals surface area contributed by atoms with Crippen molar-refractivity contribution >= 4 is 0 Å². The van der Waals surface area contributed by atoms with Crippen molar-refractivity contribution in [2.45, 2.75) is 26.3 Å². The van der Waals surface area contributed by atoms with E-state index in [2.05, 4.69) is 58.8 Å². The highest BCUT2D eigenvalue weighted by molar-refractivity contribution is 5.71. The van der Waals surface area contributed by atoms with Gasteiger partial charge in [0.25, 0.3) is 0 Å². The molecule has 0 atom stereocenters. The van der Waals surface area contributed by atoms with Crippen LogP contribution in [0.2, 0.25) is 0 Å². The highest BCUT2D eigenvalue weighted by Gasteiger charge is 2.12. The van der Waals surface area contributed by atoms with E-state index in [1.165, 1.54) is 16.7 Å². The number of hydrogen-bond acceptors (Lipinski definition) is 4. The topological polar surface area (TPSA) is 59.2 Å². The number of aromatic nitrogens is 2. The highest BCUT2D eigenvalue weighted by Crippen LogP contribution is 2.35. The van der Waals surface area contributed by atoms with E-state index in [1.54, 1.807) is 14.2 Å². The van der Waals surface area contributed by atoms with E-state index in [4.69, 9.17) is 9.47 Å². The molecule has 142 valence electrons. The largest absolute Gasteiger partial charge is 0.493 e. The van der Waals surface area contributed by atoms with Crippen molar-refractivity contribution < 1.29 is 9.47 Å². The quantitative estimate of drug-likeness (QED) is 0.560. The van der Waals surface area contributed by atoms with Crippen molar-refractivity contribution in [1.82, 2.24) is 15.5 Å². The van der Waals surface area contributed by atoms with Crippen LogP contribution in [0, 0.1) is 6.92 Å². The summed E-state index contributed by atoms with van der Waals surface area (Å²) in [4.78, 5) is 0. The lowest BCUT2D eigenvalue weighted by Gasteiger charge is -2.16. The number of aryl methyl sites for hydroxylation is 2. The third kappa shape index (κ3) is 4.68. The first kappa shape index (κ1) is 19.0. The second-order valence-corrected chi connectivity index (χ2v) is 6.53. The van der Waals surface area contributed by atoms with Crippen molar-refractivity contribution in [2.24, 2.45) is 0 Å². The van der Waals surface area contributed by atoms with Gasteiger partial charge in [0, 0.05) is 12.2 Å². The Morgan fingerprint density at radius 1 is 1.00 bits per heavy atom. The van der Waals surface area contributed by atoms with Gasteiger partial charge in [-0.2, -0.15) is 5.10 Å². The number of methoxy groups -OCH3 is 2. The van der Waals surface area contributed by atoms with Crippen LogP contribution in [-0.4, -0.2) is 31.0 Å². The van der Waals surface area contributed by atoms with E-state index >= 15 is 0 Å². The van der Waals surface area contributed by atoms with Crippen molar-refractivity contribution in [3.8, 4) is 22.6 Å². The van der Waals surface area contributed by atoms with Crippen molar-refractivity contribution in [2.75, 3.05) is 20.8 Å². The van der Waals surface area contributed by atoms with Gasteiger partial charge in [-0.3, -0.25) is 5.10 Å². The molecule has 0 radical (unpaired) electrons. The molecule has 0 aliphatic heterocycles. The van der Waals surface area contributed by atoms with Crippen LogP contribution in [0.15, 0.2) is 48.7 Å². The lowest BCUT2D eigenvalue weighted by Crippen LogP contribution is -2.16. The standard InChI is InChI=1S/C22H27N3O2/c1-16-18(15-24-25-16)10-7-11-23-14-19-12-21(26-2)22(27-3)13-20(19)17-8-5-4-6-9-17/h4-6,8-9,12-13,15,23H,7,10-11,14H2,1-3H3,(H,24,25). The minimum atomic E-state index is 0.746. The summed E-state index contributed by atoms with van der Waals surface area (Å²) in [5.41, 5.74) is 5.96. The van der Waals surface area contributed by atoms with Crippen LogP contribution in [0.1, 0.15) is 23.2 Å². The second-order valence-electron chi connectivity index (χ2n) is 6.53. The van der Waals surface area contributed by atoms with Crippen molar-refractivity contribution in [3.05, 3.63) is 65.5 Å². The fourth-order valence-electron chi connectivity index (χ4n) is 3.21. The molecule has 0 aliphatic carbocycles. The Morgan fingerprint density at radius 3 is 2.41 bits per heavy atom. The Kier molecular flexibility index (Phi) is 6.49. The SMILES string of the molecule is COc1cc(CNCCCc2cn[nH]c2C)c(-c2ccccc2)cc1OC. The lowest BCUT2D eigenvalue weighted by atomic mass is 9.98. The molecule has 2 aromatic carbocycles. The monoisotopic (exact) mass is 365 g/mol. The van der Waals surface area contributed by atoms with Crippen LogP contribution in [0.4, 0.5) is 0 Å². The smallest absolute Gasteiger partial charge is 0.161 e. The van der Waals surface area contributed by atoms with Gasteiger partial charge in [-0.1, -0.05) is 30.3 Å². The van der Waals surface area contributed by atoms with Gasteiger partial charge in [0.05, 0.1) is 20.4 Å². The molecule has 3 aromatic rings. The maximum atomic E-state index is 5.49. The summed E-state index contributed by atoms with van der Waals surface area (Å²) in [5.74, 6) is 1.50. The zero-order valence-electron chi connectivity index (χ0n) is 16.2. The van der Waals surface area contributed by atoms with Gasteiger partial charge in [0.2, 0.25) is 0 Å². The van der Waals surface area contributed by atoms with E-state index in [0.29, 0.717) is 0 Å².